The molecule has 0 aliphatic heterocycles. The Labute approximate surface area is 108 Å². The second kappa shape index (κ2) is 5.42. The highest BCUT2D eigenvalue weighted by molar-refractivity contribution is 5.58. The van der Waals surface area contributed by atoms with Crippen LogP contribution in [-0.4, -0.2) is 30.4 Å². The van der Waals surface area contributed by atoms with Gasteiger partial charge in [-0.2, -0.15) is 0 Å². The molecule has 0 aliphatic carbocycles. The number of hydrogen-bond donors (Lipinski definition) is 1. The van der Waals surface area contributed by atoms with Crippen molar-refractivity contribution in [3.8, 4) is 11.5 Å². The van der Waals surface area contributed by atoms with Crippen molar-refractivity contribution in [3.63, 3.8) is 0 Å². The van der Waals surface area contributed by atoms with Crippen LogP contribution in [0.2, 0.25) is 0 Å². The zero-order valence-corrected chi connectivity index (χ0v) is 10.6. The summed E-state index contributed by atoms with van der Waals surface area (Å²) in [6.45, 7) is 1.04. The quantitative estimate of drug-likeness (QED) is 0.376. The van der Waals surface area contributed by atoms with Crippen LogP contribution in [-0.2, 0) is 10.5 Å². The molecule has 0 saturated heterocycles. The molecule has 0 aliphatic rings. The van der Waals surface area contributed by atoms with E-state index in [1.54, 1.807) is 0 Å². The second-order valence-electron chi connectivity index (χ2n) is 3.68. The van der Waals surface area contributed by atoms with Crippen molar-refractivity contribution in [2.45, 2.75) is 12.6 Å². The summed E-state index contributed by atoms with van der Waals surface area (Å²) in [6, 6.07) is 4.07. The molecule has 1 atom stereocenters. The molecule has 0 fully saturated rings. The van der Waals surface area contributed by atoms with Crippen LogP contribution in [0.5, 0.6) is 11.5 Å². The molecule has 1 rings (SSSR count). The van der Waals surface area contributed by atoms with Gasteiger partial charge in [0.1, 0.15) is 0 Å². The SMILES string of the molecule is COc1ccc(C(C)(OC(=O)O)[N+](=O)[O-])cc1OC. The summed E-state index contributed by atoms with van der Waals surface area (Å²) in [4.78, 5) is 20.8. The molecular formula is C11H13NO7. The average molecular weight is 271 g/mol. The van der Waals surface area contributed by atoms with Gasteiger partial charge in [0, 0.05) is 0 Å². The van der Waals surface area contributed by atoms with E-state index < -0.39 is 16.8 Å². The van der Waals surface area contributed by atoms with Crippen LogP contribution in [0.25, 0.3) is 0 Å². The van der Waals surface area contributed by atoms with Crippen molar-refractivity contribution in [1.29, 1.82) is 0 Å². The van der Waals surface area contributed by atoms with Gasteiger partial charge in [-0.1, -0.05) is 0 Å². The van der Waals surface area contributed by atoms with Crippen LogP contribution in [0.15, 0.2) is 18.2 Å². The fourth-order valence-corrected chi connectivity index (χ4v) is 1.50. The number of nitro groups is 1. The van der Waals surface area contributed by atoms with Crippen molar-refractivity contribution in [1.82, 2.24) is 0 Å². The number of carboxylic acid groups (broad SMARTS) is 1. The first-order valence-electron chi connectivity index (χ1n) is 5.14. The van der Waals surface area contributed by atoms with Crippen LogP contribution in [0.3, 0.4) is 0 Å². The zero-order chi connectivity index (χ0) is 14.6. The van der Waals surface area contributed by atoms with Gasteiger partial charge < -0.3 is 19.3 Å². The van der Waals surface area contributed by atoms with Crippen LogP contribution in [0, 0.1) is 10.1 Å². The maximum atomic E-state index is 11.1. The van der Waals surface area contributed by atoms with E-state index in [0.717, 1.165) is 6.92 Å². The third-order valence-corrected chi connectivity index (χ3v) is 2.55. The zero-order valence-electron chi connectivity index (χ0n) is 10.6. The summed E-state index contributed by atoms with van der Waals surface area (Å²) in [6.07, 6.45) is -1.74. The molecule has 1 N–H and O–H groups in total. The summed E-state index contributed by atoms with van der Waals surface area (Å²) in [5, 5.41) is 19.7. The predicted octanol–water partition coefficient (Wildman–Crippen LogP) is 1.85. The first kappa shape index (κ1) is 14.6. The molecule has 104 valence electrons. The topological polar surface area (TPSA) is 108 Å². The van der Waals surface area contributed by atoms with E-state index in [9.17, 15) is 14.9 Å². The monoisotopic (exact) mass is 271 g/mol. The van der Waals surface area contributed by atoms with Gasteiger partial charge in [-0.25, -0.2) is 4.79 Å². The number of rotatable bonds is 5. The van der Waals surface area contributed by atoms with Gasteiger partial charge in [0.2, 0.25) is 0 Å². The van der Waals surface area contributed by atoms with E-state index in [1.807, 2.05) is 0 Å². The predicted molar refractivity (Wildman–Crippen MR) is 63.0 cm³/mol. The number of methoxy groups -OCH3 is 2. The van der Waals surface area contributed by atoms with Gasteiger partial charge in [0.05, 0.1) is 31.6 Å². The van der Waals surface area contributed by atoms with Crippen molar-refractivity contribution in [3.05, 3.63) is 33.9 Å². The Bertz CT molecular complexity index is 502. The molecule has 1 aromatic carbocycles. The summed E-state index contributed by atoms with van der Waals surface area (Å²) in [7, 11) is 2.78. The highest BCUT2D eigenvalue weighted by Crippen LogP contribution is 2.34. The van der Waals surface area contributed by atoms with Gasteiger partial charge in [-0.3, -0.25) is 10.1 Å². The molecule has 0 heterocycles. The van der Waals surface area contributed by atoms with Gasteiger partial charge in [-0.15, -0.1) is 0 Å². The summed E-state index contributed by atoms with van der Waals surface area (Å²) in [5.41, 5.74) is -2.19. The molecule has 0 spiro atoms. The highest BCUT2D eigenvalue weighted by atomic mass is 16.7. The van der Waals surface area contributed by atoms with Crippen LogP contribution >= 0.6 is 0 Å². The Morgan fingerprint density at radius 2 is 1.89 bits per heavy atom. The number of ether oxygens (including phenoxy) is 3. The largest absolute Gasteiger partial charge is 0.511 e. The lowest BCUT2D eigenvalue weighted by atomic mass is 10.0. The van der Waals surface area contributed by atoms with E-state index in [4.69, 9.17) is 14.6 Å². The third kappa shape index (κ3) is 2.84. The molecule has 0 saturated carbocycles. The smallest absolute Gasteiger partial charge is 0.493 e. The maximum absolute atomic E-state index is 11.1. The van der Waals surface area contributed by atoms with Crippen LogP contribution in [0.1, 0.15) is 12.5 Å². The van der Waals surface area contributed by atoms with E-state index in [1.165, 1.54) is 32.4 Å². The molecule has 1 aromatic rings. The van der Waals surface area contributed by atoms with E-state index in [-0.39, 0.29) is 11.3 Å². The fraction of sp³-hybridized carbons (Fsp3) is 0.364. The first-order chi connectivity index (χ1) is 8.85. The molecule has 8 heteroatoms. The minimum atomic E-state index is -2.22. The minimum absolute atomic E-state index is 0.0255. The summed E-state index contributed by atoms with van der Waals surface area (Å²) in [5.74, 6) is 0.606. The van der Waals surface area contributed by atoms with E-state index in [2.05, 4.69) is 4.74 Å². The second-order valence-corrected chi connectivity index (χ2v) is 3.68. The normalized spacial score (nSPS) is 13.2. The Kier molecular flexibility index (Phi) is 4.15. The molecule has 0 radical (unpaired) electrons. The Morgan fingerprint density at radius 1 is 1.32 bits per heavy atom. The Hall–Kier alpha value is -2.51. The Morgan fingerprint density at radius 3 is 2.32 bits per heavy atom. The Balaban J connectivity index is 3.31. The highest BCUT2D eigenvalue weighted by Gasteiger charge is 2.44. The first-order valence-corrected chi connectivity index (χ1v) is 5.14. The molecule has 19 heavy (non-hydrogen) atoms. The molecule has 0 bridgehead atoms. The molecular weight excluding hydrogens is 258 g/mol. The maximum Gasteiger partial charge on any atom is 0.511 e. The van der Waals surface area contributed by atoms with Gasteiger partial charge in [0.25, 0.3) is 0 Å². The summed E-state index contributed by atoms with van der Waals surface area (Å²) >= 11 is 0. The lowest BCUT2D eigenvalue weighted by Crippen LogP contribution is -2.36. The molecule has 0 amide bonds. The number of hydrogen-bond acceptors (Lipinski definition) is 6. The van der Waals surface area contributed by atoms with Crippen molar-refractivity contribution in [2.75, 3.05) is 14.2 Å². The average Bonchev–Trinajstić information content (AvgIpc) is 2.36. The van der Waals surface area contributed by atoms with Crippen molar-refractivity contribution in [2.24, 2.45) is 0 Å². The third-order valence-electron chi connectivity index (χ3n) is 2.55. The number of benzene rings is 1. The lowest BCUT2D eigenvalue weighted by Gasteiger charge is -2.20. The summed E-state index contributed by atoms with van der Waals surface area (Å²) < 4.78 is 14.4. The van der Waals surface area contributed by atoms with Crippen LogP contribution < -0.4 is 9.47 Å². The van der Waals surface area contributed by atoms with Gasteiger partial charge in [0.15, 0.2) is 11.5 Å². The fourth-order valence-electron chi connectivity index (χ4n) is 1.50. The minimum Gasteiger partial charge on any atom is -0.493 e. The van der Waals surface area contributed by atoms with E-state index in [0.29, 0.717) is 5.75 Å². The molecule has 8 nitrogen and oxygen atoms in total. The molecule has 1 unspecified atom stereocenters. The van der Waals surface area contributed by atoms with E-state index >= 15 is 0 Å². The lowest BCUT2D eigenvalue weighted by molar-refractivity contribution is -0.627. The molecule has 0 aromatic heterocycles. The van der Waals surface area contributed by atoms with Gasteiger partial charge in [-0.05, 0) is 18.2 Å². The standard InChI is InChI=1S/C11H13NO7/c1-11(12(15)16,19-10(13)14)7-4-5-8(17-2)9(6-7)18-3/h4-6H,1-3H3,(H,13,14). The van der Waals surface area contributed by atoms with Crippen molar-refractivity contribution < 1.29 is 29.0 Å². The van der Waals surface area contributed by atoms with Crippen molar-refractivity contribution >= 4 is 6.16 Å². The van der Waals surface area contributed by atoms with Gasteiger partial charge >= 0.3 is 11.9 Å². The number of carbonyl (C=O) groups is 1. The number of nitrogens with zero attached hydrogens (tertiary/aromatic N) is 1. The van der Waals surface area contributed by atoms with Crippen LogP contribution in [0.4, 0.5) is 4.79 Å².